The molecule has 0 heterocycles. The molecule has 0 spiro atoms. The highest BCUT2D eigenvalue weighted by molar-refractivity contribution is 5.94. The summed E-state index contributed by atoms with van der Waals surface area (Å²) in [4.78, 5) is 34.0. The summed E-state index contributed by atoms with van der Waals surface area (Å²) in [5.41, 5.74) is -0.0694. The Morgan fingerprint density at radius 3 is 2.09 bits per heavy atom. The average molecular weight is 322 g/mol. The summed E-state index contributed by atoms with van der Waals surface area (Å²) in [5.74, 6) is -0.0665. The molecule has 0 amide bonds. The summed E-state index contributed by atoms with van der Waals surface area (Å²) in [6.07, 6.45) is 5.64. The fourth-order valence-electron chi connectivity index (χ4n) is 4.74. The molecule has 4 saturated carbocycles. The highest BCUT2D eigenvalue weighted by Gasteiger charge is 2.49. The zero-order chi connectivity index (χ0) is 16.6. The van der Waals surface area contributed by atoms with Crippen LogP contribution in [-0.2, 0) is 23.9 Å². The van der Waals surface area contributed by atoms with Crippen molar-refractivity contribution >= 4 is 17.9 Å². The normalized spacial score (nSPS) is 34.0. The summed E-state index contributed by atoms with van der Waals surface area (Å²) >= 11 is 0. The van der Waals surface area contributed by atoms with E-state index in [4.69, 9.17) is 9.84 Å². The third-order valence-electron chi connectivity index (χ3n) is 5.38. The van der Waals surface area contributed by atoms with Crippen molar-refractivity contribution in [3.05, 3.63) is 12.2 Å². The molecule has 0 radical (unpaired) electrons. The number of carbonyl (C=O) groups excluding carboxylic acids is 2. The van der Waals surface area contributed by atoms with E-state index in [1.54, 1.807) is 0 Å². The van der Waals surface area contributed by atoms with Crippen LogP contribution in [0.5, 0.6) is 0 Å². The molecular formula is C17H22O6. The molecule has 23 heavy (non-hydrogen) atoms. The second kappa shape index (κ2) is 6.34. The van der Waals surface area contributed by atoms with Gasteiger partial charge in [-0.1, -0.05) is 6.58 Å². The highest BCUT2D eigenvalue weighted by Crippen LogP contribution is 2.54. The van der Waals surface area contributed by atoms with Crippen LogP contribution in [-0.4, -0.2) is 35.7 Å². The van der Waals surface area contributed by atoms with Gasteiger partial charge in [0.25, 0.3) is 0 Å². The van der Waals surface area contributed by atoms with Crippen molar-refractivity contribution in [2.75, 3.05) is 6.61 Å². The van der Waals surface area contributed by atoms with Crippen LogP contribution in [0.1, 0.15) is 38.5 Å². The van der Waals surface area contributed by atoms with Gasteiger partial charge in [-0.15, -0.1) is 0 Å². The largest absolute Gasteiger partial charge is 0.479 e. The van der Waals surface area contributed by atoms with Gasteiger partial charge in [0.05, 0.1) is 6.42 Å². The summed E-state index contributed by atoms with van der Waals surface area (Å²) < 4.78 is 10.2. The summed E-state index contributed by atoms with van der Waals surface area (Å²) in [7, 11) is 0. The average Bonchev–Trinajstić information content (AvgIpc) is 2.47. The molecule has 0 aromatic carbocycles. The Hall–Kier alpha value is -1.85. The Bertz CT molecular complexity index is 509. The molecule has 0 aromatic rings. The fourth-order valence-corrected chi connectivity index (χ4v) is 4.74. The molecule has 6 heteroatoms. The number of rotatable bonds is 6. The number of carboxylic acid groups (broad SMARTS) is 1. The number of hydrogen-bond donors (Lipinski definition) is 1. The number of ether oxygens (including phenoxy) is 2. The van der Waals surface area contributed by atoms with Crippen molar-refractivity contribution < 1.29 is 29.0 Å². The summed E-state index contributed by atoms with van der Waals surface area (Å²) in [6.45, 7) is 2.75. The zero-order valence-corrected chi connectivity index (χ0v) is 13.0. The monoisotopic (exact) mass is 322 g/mol. The first kappa shape index (κ1) is 16.0. The van der Waals surface area contributed by atoms with Crippen LogP contribution in [0.25, 0.3) is 0 Å². The van der Waals surface area contributed by atoms with Gasteiger partial charge in [0, 0.05) is 5.57 Å². The van der Waals surface area contributed by atoms with E-state index in [-0.39, 0.29) is 18.1 Å². The maximum Gasteiger partial charge on any atom is 0.341 e. The van der Waals surface area contributed by atoms with Gasteiger partial charge in [-0.3, -0.25) is 4.79 Å². The van der Waals surface area contributed by atoms with Crippen LogP contribution in [0.2, 0.25) is 0 Å². The van der Waals surface area contributed by atoms with Gasteiger partial charge in [0.1, 0.15) is 6.10 Å². The van der Waals surface area contributed by atoms with Crippen molar-refractivity contribution in [2.45, 2.75) is 44.6 Å². The third kappa shape index (κ3) is 3.57. The second-order valence-electron chi connectivity index (χ2n) is 7.14. The molecule has 4 fully saturated rings. The molecule has 0 aromatic heterocycles. The fraction of sp³-hybridized carbons (Fsp3) is 0.706. The smallest absolute Gasteiger partial charge is 0.341 e. The molecule has 126 valence electrons. The van der Waals surface area contributed by atoms with Crippen LogP contribution < -0.4 is 0 Å². The van der Waals surface area contributed by atoms with E-state index < -0.39 is 24.5 Å². The molecule has 4 rings (SSSR count). The lowest BCUT2D eigenvalue weighted by molar-refractivity contribution is -0.170. The Kier molecular flexibility index (Phi) is 4.41. The van der Waals surface area contributed by atoms with E-state index in [1.807, 2.05) is 0 Å². The van der Waals surface area contributed by atoms with E-state index in [9.17, 15) is 14.4 Å². The maximum absolute atomic E-state index is 12.1. The minimum absolute atomic E-state index is 0.0295. The van der Waals surface area contributed by atoms with Crippen molar-refractivity contribution in [1.29, 1.82) is 0 Å². The quantitative estimate of drug-likeness (QED) is 0.593. The Balaban J connectivity index is 1.49. The lowest BCUT2D eigenvalue weighted by Crippen LogP contribution is -2.50. The van der Waals surface area contributed by atoms with Crippen LogP contribution in [0.15, 0.2) is 12.2 Å². The van der Waals surface area contributed by atoms with Gasteiger partial charge in [-0.25, -0.2) is 9.59 Å². The number of carboxylic acids is 1. The van der Waals surface area contributed by atoms with E-state index >= 15 is 0 Å². The molecule has 4 bridgehead atoms. The molecule has 0 saturated heterocycles. The summed E-state index contributed by atoms with van der Waals surface area (Å²) in [6, 6.07) is 0. The van der Waals surface area contributed by atoms with Crippen LogP contribution in [0.3, 0.4) is 0 Å². The Morgan fingerprint density at radius 1 is 1.00 bits per heavy atom. The van der Waals surface area contributed by atoms with Gasteiger partial charge in [-0.05, 0) is 55.8 Å². The van der Waals surface area contributed by atoms with Gasteiger partial charge in [0.15, 0.2) is 6.61 Å². The third-order valence-corrected chi connectivity index (χ3v) is 5.38. The van der Waals surface area contributed by atoms with Crippen molar-refractivity contribution in [1.82, 2.24) is 0 Å². The Morgan fingerprint density at radius 2 is 1.57 bits per heavy atom. The number of aliphatic carboxylic acids is 1. The van der Waals surface area contributed by atoms with E-state index in [2.05, 4.69) is 11.3 Å². The standard InChI is InChI=1S/C17H22O6/c1-9(17(21)22-8-14(18)19)2-15(20)23-16-12-4-10-3-11(6-12)7-13(16)5-10/h10-13,16H,1-8H2,(H,18,19). The predicted octanol–water partition coefficient (Wildman–Crippen LogP) is 1.93. The van der Waals surface area contributed by atoms with Crippen LogP contribution >= 0.6 is 0 Å². The Labute approximate surface area is 134 Å². The molecular weight excluding hydrogens is 300 g/mol. The second-order valence-corrected chi connectivity index (χ2v) is 7.14. The highest BCUT2D eigenvalue weighted by atomic mass is 16.6. The lowest BCUT2D eigenvalue weighted by atomic mass is 9.55. The topological polar surface area (TPSA) is 89.9 Å². The zero-order valence-electron chi connectivity index (χ0n) is 13.0. The first-order valence-electron chi connectivity index (χ1n) is 8.18. The molecule has 4 aliphatic carbocycles. The van der Waals surface area contributed by atoms with E-state index in [0.29, 0.717) is 11.8 Å². The molecule has 0 atom stereocenters. The van der Waals surface area contributed by atoms with Crippen molar-refractivity contribution in [3.63, 3.8) is 0 Å². The summed E-state index contributed by atoms with van der Waals surface area (Å²) in [5, 5.41) is 8.46. The first-order chi connectivity index (χ1) is 10.9. The first-order valence-corrected chi connectivity index (χ1v) is 8.18. The van der Waals surface area contributed by atoms with Gasteiger partial charge in [0.2, 0.25) is 0 Å². The predicted molar refractivity (Wildman–Crippen MR) is 79.3 cm³/mol. The van der Waals surface area contributed by atoms with Gasteiger partial charge < -0.3 is 14.6 Å². The minimum Gasteiger partial charge on any atom is -0.479 e. The van der Waals surface area contributed by atoms with Crippen molar-refractivity contribution in [3.8, 4) is 0 Å². The van der Waals surface area contributed by atoms with Gasteiger partial charge in [-0.2, -0.15) is 0 Å². The lowest BCUT2D eigenvalue weighted by Gasteiger charge is -2.53. The van der Waals surface area contributed by atoms with Crippen LogP contribution in [0.4, 0.5) is 0 Å². The number of carbonyl (C=O) groups is 3. The SMILES string of the molecule is C=C(CC(=O)OC1C2CC3CC(C2)CC1C3)C(=O)OCC(=O)O. The molecule has 0 unspecified atom stereocenters. The maximum atomic E-state index is 12.1. The number of hydrogen-bond acceptors (Lipinski definition) is 5. The molecule has 6 nitrogen and oxygen atoms in total. The van der Waals surface area contributed by atoms with Gasteiger partial charge >= 0.3 is 17.9 Å². The van der Waals surface area contributed by atoms with Crippen LogP contribution in [0, 0.1) is 23.7 Å². The minimum atomic E-state index is -1.25. The van der Waals surface area contributed by atoms with E-state index in [1.165, 1.54) is 6.42 Å². The molecule has 0 aliphatic heterocycles. The van der Waals surface area contributed by atoms with E-state index in [0.717, 1.165) is 37.5 Å². The molecule has 4 aliphatic rings. The molecule has 1 N–H and O–H groups in total. The van der Waals surface area contributed by atoms with Crippen molar-refractivity contribution in [2.24, 2.45) is 23.7 Å². The number of esters is 2.